The Kier molecular flexibility index (Phi) is 49.3. The number of nitrogens with one attached hydrogen (secondary N) is 2. The number of aliphatic hydroxyl groups is 2. The summed E-state index contributed by atoms with van der Waals surface area (Å²) in [6.45, 7) is 10.4. The fraction of sp³-hybridized carbons (Fsp3) is 0.796. The Morgan fingerprint density at radius 2 is 1.00 bits per heavy atom. The molecule has 0 saturated carbocycles. The van der Waals surface area contributed by atoms with Gasteiger partial charge >= 0.3 is 142 Å². The topological polar surface area (TPSA) is 424 Å². The monoisotopic (exact) mass is 1180 g/mol. The number of aliphatic hydroxyl groups excluding tert-OH is 2. The number of aliphatic carboxylic acids is 2. The molecular weight excluding hydrogens is 1110 g/mol. The summed E-state index contributed by atoms with van der Waals surface area (Å²) in [5.41, 5.74) is 0. The van der Waals surface area contributed by atoms with Crippen molar-refractivity contribution in [2.75, 3.05) is 53.9 Å². The smallest absolute Gasteiger partial charge is 0.870 e. The van der Waals surface area contributed by atoms with E-state index in [1.807, 2.05) is 6.29 Å². The van der Waals surface area contributed by atoms with E-state index in [2.05, 4.69) is 10.6 Å². The van der Waals surface area contributed by atoms with E-state index in [0.717, 1.165) is 0 Å². The molecule has 0 aromatic carbocycles. The molecule has 27 nitrogen and oxygen atoms in total. The first-order valence-electron chi connectivity index (χ1n) is 24.6. The first-order valence-corrected chi connectivity index (χ1v) is 24.6. The molecule has 2 saturated heterocycles. The molecule has 2 rings (SSSR count). The average molecular weight is 1190 g/mol. The third kappa shape index (κ3) is 28.3. The van der Waals surface area contributed by atoms with Crippen LogP contribution >= 0.6 is 0 Å². The van der Waals surface area contributed by atoms with Gasteiger partial charge in [-0.1, -0.05) is 68.2 Å². The van der Waals surface area contributed by atoms with Crippen LogP contribution < -0.4 is 139 Å². The van der Waals surface area contributed by atoms with Crippen molar-refractivity contribution in [1.82, 2.24) is 10.6 Å². The molecule has 2 amide bonds. The van der Waals surface area contributed by atoms with Crippen LogP contribution in [0.3, 0.4) is 0 Å². The largest absolute Gasteiger partial charge is 1.00 e. The predicted octanol–water partition coefficient (Wildman–Crippen LogP) is -14.7. The maximum absolute atomic E-state index is 13.2. The van der Waals surface area contributed by atoms with Crippen LogP contribution in [0.15, 0.2) is 0 Å². The zero-order chi connectivity index (χ0) is 56.0. The Morgan fingerprint density at radius 1 is 0.575 bits per heavy atom. The van der Waals surface area contributed by atoms with Gasteiger partial charge in [-0.25, -0.2) is 0 Å². The van der Waals surface area contributed by atoms with Crippen LogP contribution in [-0.2, 0) is 90.6 Å². The van der Waals surface area contributed by atoms with Gasteiger partial charge < -0.3 is 104 Å². The van der Waals surface area contributed by atoms with Gasteiger partial charge in [0.15, 0.2) is 12.6 Å². The van der Waals surface area contributed by atoms with E-state index in [1.165, 1.54) is 48.8 Å². The minimum atomic E-state index is -1.61. The molecule has 438 valence electrons. The predicted molar refractivity (Wildman–Crippen MR) is 251 cm³/mol. The van der Waals surface area contributed by atoms with Gasteiger partial charge in [0, 0.05) is 74.5 Å². The number of carboxylic acid groups (broad SMARTS) is 2. The Bertz CT molecular complexity index is 1890. The molecule has 0 radical (unpaired) electrons. The van der Waals surface area contributed by atoms with Gasteiger partial charge in [0.2, 0.25) is 11.8 Å². The van der Waals surface area contributed by atoms with Gasteiger partial charge in [-0.3, -0.25) is 41.3 Å². The van der Waals surface area contributed by atoms with Crippen LogP contribution in [0.5, 0.6) is 0 Å². The molecular formula is C49H76N2Na4O25-2. The summed E-state index contributed by atoms with van der Waals surface area (Å²) in [4.78, 5) is 122. The summed E-state index contributed by atoms with van der Waals surface area (Å²) in [7, 11) is 2.56. The molecule has 18 atom stereocenters. The van der Waals surface area contributed by atoms with E-state index in [9.17, 15) is 68.4 Å². The SMILES string of the molecule is COC1OC(COC(=O)C(C)C(C)C(=O)[O-])C(C)C(O)C1NC(=O)C(C)CC([C-]=O)CCC(=O)OCCOCCOC(=O)CCC(C(=O)[O-])C(C)C(=O)OCC1OC(OC)C(NC(=O)C(C)C(C)[C-]=O)C(O)C1C.[Na+].[Na+].[Na+].[Na+].[OH-].[OH-]. The minimum Gasteiger partial charge on any atom is -0.870 e. The summed E-state index contributed by atoms with van der Waals surface area (Å²) in [6.07, 6.45) is -3.91. The van der Waals surface area contributed by atoms with Gasteiger partial charge in [-0.05, 0) is 6.42 Å². The molecule has 0 aromatic heterocycles. The number of ether oxygens (including phenoxy) is 9. The summed E-state index contributed by atoms with van der Waals surface area (Å²) in [5.74, 6) is -16.6. The molecule has 2 fully saturated rings. The Labute approximate surface area is 555 Å². The number of amides is 2. The van der Waals surface area contributed by atoms with E-state index in [-0.39, 0.29) is 188 Å². The maximum Gasteiger partial charge on any atom is 1.00 e. The summed E-state index contributed by atoms with van der Waals surface area (Å²) in [6, 6.07) is -2.08. The maximum atomic E-state index is 13.2. The molecule has 2 heterocycles. The molecule has 18 unspecified atom stereocenters. The first-order chi connectivity index (χ1) is 34.8. The molecule has 80 heavy (non-hydrogen) atoms. The van der Waals surface area contributed by atoms with Crippen LogP contribution in [-0.4, -0.2) is 184 Å². The first kappa shape index (κ1) is 87.5. The van der Waals surface area contributed by atoms with Crippen molar-refractivity contribution >= 4 is 60.2 Å². The van der Waals surface area contributed by atoms with Crippen molar-refractivity contribution in [3.05, 3.63) is 0 Å². The fourth-order valence-electron chi connectivity index (χ4n) is 7.94. The summed E-state index contributed by atoms with van der Waals surface area (Å²) < 4.78 is 48.5. The zero-order valence-electron chi connectivity index (χ0n) is 48.5. The number of carbonyl (C=O) groups excluding carboxylic acids is 10. The van der Waals surface area contributed by atoms with Crippen LogP contribution in [0.2, 0.25) is 0 Å². The fourth-order valence-corrected chi connectivity index (χ4v) is 7.94. The number of carbonyl (C=O) groups is 8. The molecule has 0 aromatic rings. The second kappa shape index (κ2) is 45.1. The minimum absolute atomic E-state index is 0. The van der Waals surface area contributed by atoms with Gasteiger partial charge in [-0.15, -0.1) is 11.8 Å². The van der Waals surface area contributed by atoms with E-state index in [1.54, 1.807) is 27.1 Å². The molecule has 2 aliphatic heterocycles. The zero-order valence-corrected chi connectivity index (χ0v) is 56.5. The quantitative estimate of drug-likeness (QED) is 0.0156. The number of esters is 4. The standard InChI is InChI=1S/C49H76N2O23.4Na.2H2O/c1-24(42(58)50-38-40(56)30(7)34(73-48(38)66-9)22-71-46(64)28(5)27(4)44(60)61)19-32(21-53)11-13-36(54)69-17-15-68-16-18-70-37(55)14-12-33(45(62)63)29(6)47(65)72-23-35-31(8)41(57)39(49(67-10)74-35)51-43(59)26(3)25(2)20-52;;;;;;/h24-35,38-41,48-49,56-57H,11-19,22-23H2,1-10H3,(H,50,58)(H,51,59)(H,60,61)(H,62,63);;;;;2*1H2/q-2;4*+1;;/p-4. The van der Waals surface area contributed by atoms with Crippen LogP contribution in [0.25, 0.3) is 0 Å². The molecule has 0 bridgehead atoms. The molecule has 2 aliphatic rings. The second-order valence-electron chi connectivity index (χ2n) is 19.0. The third-order valence-electron chi connectivity index (χ3n) is 13.8. The number of methoxy groups -OCH3 is 2. The molecule has 6 N–H and O–H groups in total. The van der Waals surface area contributed by atoms with Crippen LogP contribution in [0.4, 0.5) is 0 Å². The molecule has 31 heteroatoms. The van der Waals surface area contributed by atoms with Crippen LogP contribution in [0.1, 0.15) is 87.5 Å². The van der Waals surface area contributed by atoms with E-state index in [0.29, 0.717) is 0 Å². The van der Waals surface area contributed by atoms with Gasteiger partial charge in [0.05, 0.1) is 49.5 Å². The summed E-state index contributed by atoms with van der Waals surface area (Å²) in [5, 5.41) is 50.5. The van der Waals surface area contributed by atoms with Gasteiger partial charge in [0.1, 0.15) is 38.5 Å². The van der Waals surface area contributed by atoms with Gasteiger partial charge in [-0.2, -0.15) is 0 Å². The van der Waals surface area contributed by atoms with Crippen molar-refractivity contribution in [3.8, 4) is 0 Å². The third-order valence-corrected chi connectivity index (χ3v) is 13.8. The number of carboxylic acids is 2. The van der Waals surface area contributed by atoms with E-state index in [4.69, 9.17) is 42.6 Å². The van der Waals surface area contributed by atoms with E-state index >= 15 is 0 Å². The van der Waals surface area contributed by atoms with E-state index < -0.39 is 169 Å². The van der Waals surface area contributed by atoms with Crippen molar-refractivity contribution in [3.63, 3.8) is 0 Å². The number of rotatable bonds is 33. The van der Waals surface area contributed by atoms with Crippen molar-refractivity contribution in [2.24, 2.45) is 59.2 Å². The van der Waals surface area contributed by atoms with Crippen molar-refractivity contribution in [2.45, 2.75) is 137 Å². The Morgan fingerprint density at radius 3 is 1.40 bits per heavy atom. The average Bonchev–Trinajstić information content (AvgIpc) is 3.37. The van der Waals surface area contributed by atoms with Gasteiger partial charge in [0.25, 0.3) is 0 Å². The van der Waals surface area contributed by atoms with Crippen LogP contribution in [0, 0.1) is 59.2 Å². The van der Waals surface area contributed by atoms with Crippen molar-refractivity contribution in [1.29, 1.82) is 0 Å². The Hall–Kier alpha value is -1.26. The molecule has 0 spiro atoms. The molecule has 0 aliphatic carbocycles. The second-order valence-corrected chi connectivity index (χ2v) is 19.0. The number of hydrogen-bond donors (Lipinski definition) is 4. The van der Waals surface area contributed by atoms with Crippen molar-refractivity contribution < 1.29 is 240 Å². The number of hydrogen-bond acceptors (Lipinski definition) is 25. The Balaban J connectivity index is -0.00000312. The summed E-state index contributed by atoms with van der Waals surface area (Å²) >= 11 is 0. The normalized spacial score (nSPS) is 24.9.